The van der Waals surface area contributed by atoms with Crippen molar-refractivity contribution >= 4 is 16.0 Å². The summed E-state index contributed by atoms with van der Waals surface area (Å²) in [6.45, 7) is 0.783. The fourth-order valence-electron chi connectivity index (χ4n) is 3.71. The van der Waals surface area contributed by atoms with Crippen molar-refractivity contribution in [2.75, 3.05) is 18.4 Å². The van der Waals surface area contributed by atoms with Crippen molar-refractivity contribution in [2.45, 2.75) is 30.2 Å². The van der Waals surface area contributed by atoms with Gasteiger partial charge in [0.2, 0.25) is 16.0 Å². The molecule has 3 aromatic rings. The molecule has 31 heavy (non-hydrogen) atoms. The van der Waals surface area contributed by atoms with Gasteiger partial charge in [0.1, 0.15) is 0 Å². The van der Waals surface area contributed by atoms with Gasteiger partial charge in [-0.1, -0.05) is 24.6 Å². The summed E-state index contributed by atoms with van der Waals surface area (Å²) in [6, 6.07) is 13.4. The van der Waals surface area contributed by atoms with Crippen LogP contribution in [0, 0.1) is 0 Å². The fourth-order valence-corrected chi connectivity index (χ4v) is 5.25. The number of rotatable bonds is 5. The lowest BCUT2D eigenvalue weighted by molar-refractivity contribution is 0.412. The zero-order chi connectivity index (χ0) is 21.8. The number of sulfonamides is 1. The number of pyridine rings is 1. The van der Waals surface area contributed by atoms with E-state index in [2.05, 4.69) is 15.3 Å². The maximum absolute atomic E-state index is 13.1. The lowest BCUT2D eigenvalue weighted by Crippen LogP contribution is -2.40. The molecule has 1 fully saturated rings. The van der Waals surface area contributed by atoms with Crippen LogP contribution in [0.2, 0.25) is 0 Å². The predicted octanol–water partition coefficient (Wildman–Crippen LogP) is 2.50. The van der Waals surface area contributed by atoms with E-state index < -0.39 is 10.0 Å². The van der Waals surface area contributed by atoms with Crippen molar-refractivity contribution in [3.8, 4) is 11.3 Å². The van der Waals surface area contributed by atoms with Gasteiger partial charge >= 0.3 is 0 Å². The number of nitrogens with zero attached hydrogens (tertiary/aromatic N) is 4. The first-order valence-corrected chi connectivity index (χ1v) is 11.7. The molecule has 1 aliphatic rings. The molecule has 0 amide bonds. The second-order valence-electron chi connectivity index (χ2n) is 7.61. The van der Waals surface area contributed by atoms with Crippen LogP contribution in [-0.4, -0.2) is 46.4 Å². The van der Waals surface area contributed by atoms with E-state index in [1.54, 1.807) is 61.9 Å². The molecule has 0 spiro atoms. The molecule has 8 nitrogen and oxygen atoms in total. The zero-order valence-corrected chi connectivity index (χ0v) is 18.1. The van der Waals surface area contributed by atoms with Crippen LogP contribution in [0.25, 0.3) is 11.3 Å². The third kappa shape index (κ3) is 4.67. The Morgan fingerprint density at radius 2 is 1.81 bits per heavy atom. The Hall–Kier alpha value is -3.04. The Morgan fingerprint density at radius 1 is 1.06 bits per heavy atom. The maximum Gasteiger partial charge on any atom is 0.255 e. The number of hydrogen-bond acceptors (Lipinski definition) is 6. The van der Waals surface area contributed by atoms with Crippen LogP contribution in [0.1, 0.15) is 19.3 Å². The molecule has 0 radical (unpaired) electrons. The molecule has 0 aliphatic carbocycles. The summed E-state index contributed by atoms with van der Waals surface area (Å²) in [5.41, 5.74) is 1.16. The predicted molar refractivity (Wildman–Crippen MR) is 119 cm³/mol. The van der Waals surface area contributed by atoms with E-state index in [1.807, 2.05) is 0 Å². The summed E-state index contributed by atoms with van der Waals surface area (Å²) in [5, 5.41) is 3.32. The molecule has 1 N–H and O–H groups in total. The van der Waals surface area contributed by atoms with E-state index in [0.717, 1.165) is 24.8 Å². The molecule has 0 bridgehead atoms. The molecule has 0 saturated carbocycles. The van der Waals surface area contributed by atoms with Gasteiger partial charge in [-0.25, -0.2) is 13.4 Å². The number of aromatic nitrogens is 3. The summed E-state index contributed by atoms with van der Waals surface area (Å²) < 4.78 is 29.2. The van der Waals surface area contributed by atoms with Crippen LogP contribution in [0.15, 0.2) is 70.6 Å². The Labute approximate surface area is 181 Å². The summed E-state index contributed by atoms with van der Waals surface area (Å²) >= 11 is 0. The van der Waals surface area contributed by atoms with Crippen molar-refractivity contribution in [3.63, 3.8) is 0 Å². The van der Waals surface area contributed by atoms with E-state index in [-0.39, 0.29) is 11.6 Å². The van der Waals surface area contributed by atoms with Gasteiger partial charge in [-0.3, -0.25) is 14.3 Å². The molecule has 1 saturated heterocycles. The summed E-state index contributed by atoms with van der Waals surface area (Å²) in [7, 11) is -1.93. The van der Waals surface area contributed by atoms with Crippen LogP contribution in [0.5, 0.6) is 0 Å². The van der Waals surface area contributed by atoms with Gasteiger partial charge in [0, 0.05) is 50.2 Å². The summed E-state index contributed by atoms with van der Waals surface area (Å²) in [5.74, 6) is 0.420. The molecular formula is C22H25N5O3S. The highest BCUT2D eigenvalue weighted by molar-refractivity contribution is 7.89. The molecule has 1 atom stereocenters. The Bertz CT molecular complexity index is 1200. The van der Waals surface area contributed by atoms with Crippen molar-refractivity contribution in [1.29, 1.82) is 0 Å². The fraction of sp³-hybridized carbons (Fsp3) is 0.318. The average molecular weight is 440 g/mol. The van der Waals surface area contributed by atoms with E-state index in [0.29, 0.717) is 29.6 Å². The molecule has 0 unspecified atom stereocenters. The smallest absolute Gasteiger partial charge is 0.255 e. The van der Waals surface area contributed by atoms with Crippen LogP contribution in [-0.2, 0) is 17.1 Å². The van der Waals surface area contributed by atoms with Gasteiger partial charge in [0.25, 0.3) is 5.56 Å². The number of anilines is 1. The molecule has 9 heteroatoms. The van der Waals surface area contributed by atoms with Gasteiger partial charge in [-0.15, -0.1) is 0 Å². The molecule has 1 aromatic carbocycles. The quantitative estimate of drug-likeness (QED) is 0.656. The third-order valence-electron chi connectivity index (χ3n) is 5.46. The largest absolute Gasteiger partial charge is 0.352 e. The topological polar surface area (TPSA) is 97.2 Å². The minimum Gasteiger partial charge on any atom is -0.352 e. The van der Waals surface area contributed by atoms with Gasteiger partial charge < -0.3 is 5.32 Å². The van der Waals surface area contributed by atoms with Gasteiger partial charge in [0.05, 0.1) is 10.6 Å². The van der Waals surface area contributed by atoms with Crippen molar-refractivity contribution < 1.29 is 8.42 Å². The highest BCUT2D eigenvalue weighted by Gasteiger charge is 2.29. The molecule has 4 rings (SSSR count). The summed E-state index contributed by atoms with van der Waals surface area (Å²) in [6.07, 6.45) is 5.76. The second kappa shape index (κ2) is 8.99. The molecule has 1 aliphatic heterocycles. The monoisotopic (exact) mass is 439 g/mol. The Morgan fingerprint density at radius 3 is 2.55 bits per heavy atom. The minimum atomic E-state index is -3.58. The van der Waals surface area contributed by atoms with Crippen LogP contribution in [0.4, 0.5) is 5.95 Å². The first-order valence-electron chi connectivity index (χ1n) is 10.3. The van der Waals surface area contributed by atoms with E-state index in [4.69, 9.17) is 0 Å². The van der Waals surface area contributed by atoms with Gasteiger partial charge in [-0.05, 0) is 37.1 Å². The standard InChI is InChI=1S/C22H25N5O3S/c1-26-21(28)15-20(17-10-12-23-13-11-17)25-22(26)24-18-7-5-6-14-27(16-18)31(29,30)19-8-3-2-4-9-19/h2-4,8-13,15,18H,5-7,14,16H2,1H3,(H,24,25)/t18-/m1/s1. The van der Waals surface area contributed by atoms with Crippen LogP contribution >= 0.6 is 0 Å². The van der Waals surface area contributed by atoms with Gasteiger partial charge in [-0.2, -0.15) is 4.31 Å². The highest BCUT2D eigenvalue weighted by atomic mass is 32.2. The normalized spacial score (nSPS) is 17.8. The number of hydrogen-bond donors (Lipinski definition) is 1. The average Bonchev–Trinajstić information content (AvgIpc) is 3.04. The summed E-state index contributed by atoms with van der Waals surface area (Å²) in [4.78, 5) is 21.4. The van der Waals surface area contributed by atoms with Crippen molar-refractivity contribution in [3.05, 3.63) is 71.3 Å². The van der Waals surface area contributed by atoms with Crippen LogP contribution in [0.3, 0.4) is 0 Å². The first-order chi connectivity index (χ1) is 14.9. The van der Waals surface area contributed by atoms with Crippen LogP contribution < -0.4 is 10.9 Å². The SMILES string of the molecule is Cn1c(N[C@@H]2CCCCN(S(=O)(=O)c3ccccc3)C2)nc(-c2ccncc2)cc1=O. The van der Waals surface area contributed by atoms with Crippen molar-refractivity contribution in [2.24, 2.45) is 7.05 Å². The lowest BCUT2D eigenvalue weighted by Gasteiger charge is -2.25. The highest BCUT2D eigenvalue weighted by Crippen LogP contribution is 2.22. The van der Waals surface area contributed by atoms with Gasteiger partial charge in [0.15, 0.2) is 0 Å². The molecule has 2 aromatic heterocycles. The maximum atomic E-state index is 13.1. The molecular weight excluding hydrogens is 414 g/mol. The Kier molecular flexibility index (Phi) is 6.15. The van der Waals surface area contributed by atoms with Crippen molar-refractivity contribution in [1.82, 2.24) is 18.8 Å². The molecule has 3 heterocycles. The number of benzene rings is 1. The third-order valence-corrected chi connectivity index (χ3v) is 7.34. The zero-order valence-electron chi connectivity index (χ0n) is 17.3. The van der Waals surface area contributed by atoms with E-state index >= 15 is 0 Å². The number of nitrogens with one attached hydrogen (secondary N) is 1. The Balaban J connectivity index is 1.60. The first kappa shape index (κ1) is 21.2. The molecule has 162 valence electrons. The second-order valence-corrected chi connectivity index (χ2v) is 9.55. The van der Waals surface area contributed by atoms with E-state index in [9.17, 15) is 13.2 Å². The lowest BCUT2D eigenvalue weighted by atomic mass is 10.1. The minimum absolute atomic E-state index is 0.160. The van der Waals surface area contributed by atoms with E-state index in [1.165, 1.54) is 14.9 Å².